The number of fused-ring (bicyclic) bond motifs is 2. The fraction of sp³-hybridized carbons (Fsp3) is 0.0370. The second-order valence-corrected chi connectivity index (χ2v) is 8.05. The Morgan fingerprint density at radius 2 is 1.71 bits per heavy atom. The van der Waals surface area contributed by atoms with Crippen LogP contribution in [-0.4, -0.2) is 30.1 Å². The number of nitrogens with one attached hydrogen (secondary N) is 1. The van der Waals surface area contributed by atoms with E-state index in [1.165, 1.54) is 0 Å². The SMILES string of the molecule is Cn1c(C(=O)Nc2cccc(-c3ccnc4cc(-c5ccncc5)nn34)c2)cc2ccccc21. The zero-order chi connectivity index (χ0) is 23.1. The van der Waals surface area contributed by atoms with E-state index in [0.717, 1.165) is 39.1 Å². The molecule has 2 aromatic carbocycles. The monoisotopic (exact) mass is 444 g/mol. The molecule has 7 nitrogen and oxygen atoms in total. The van der Waals surface area contributed by atoms with Crippen molar-refractivity contribution in [2.75, 3.05) is 5.32 Å². The van der Waals surface area contributed by atoms with Crippen molar-refractivity contribution in [3.05, 3.63) is 103 Å². The number of pyridine rings is 1. The number of benzene rings is 2. The Morgan fingerprint density at radius 3 is 2.56 bits per heavy atom. The number of hydrogen-bond donors (Lipinski definition) is 1. The highest BCUT2D eigenvalue weighted by atomic mass is 16.1. The maximum atomic E-state index is 13.1. The van der Waals surface area contributed by atoms with E-state index >= 15 is 0 Å². The van der Waals surface area contributed by atoms with Gasteiger partial charge in [0.05, 0.1) is 11.4 Å². The van der Waals surface area contributed by atoms with Gasteiger partial charge in [-0.1, -0.05) is 30.3 Å². The molecule has 0 aliphatic carbocycles. The Balaban J connectivity index is 1.34. The quantitative estimate of drug-likeness (QED) is 0.405. The molecular weight excluding hydrogens is 424 g/mol. The van der Waals surface area contributed by atoms with Crippen molar-refractivity contribution in [3.63, 3.8) is 0 Å². The van der Waals surface area contributed by atoms with Crippen molar-refractivity contribution >= 4 is 28.1 Å². The van der Waals surface area contributed by atoms with Gasteiger partial charge >= 0.3 is 0 Å². The van der Waals surface area contributed by atoms with Crippen LogP contribution in [0.4, 0.5) is 5.69 Å². The van der Waals surface area contributed by atoms with Crippen molar-refractivity contribution in [1.29, 1.82) is 0 Å². The standard InChI is InChI=1S/C27H20N6O/c1-32-23-8-3-2-5-20(23)16-25(32)27(34)30-21-7-4-6-19(15-21)24-11-14-29-26-17-22(31-33(24)26)18-9-12-28-13-10-18/h2-17H,1H3,(H,30,34). The molecule has 0 atom stereocenters. The number of aromatic nitrogens is 5. The van der Waals surface area contributed by atoms with Gasteiger partial charge in [0.1, 0.15) is 5.69 Å². The fourth-order valence-electron chi connectivity index (χ4n) is 4.24. The molecule has 1 N–H and O–H groups in total. The van der Waals surface area contributed by atoms with Crippen molar-refractivity contribution < 1.29 is 4.79 Å². The van der Waals surface area contributed by atoms with E-state index in [1.54, 1.807) is 18.6 Å². The van der Waals surface area contributed by atoms with E-state index < -0.39 is 0 Å². The van der Waals surface area contributed by atoms with Crippen LogP contribution in [0.5, 0.6) is 0 Å². The van der Waals surface area contributed by atoms with Gasteiger partial charge in [-0.05, 0) is 42.5 Å². The summed E-state index contributed by atoms with van der Waals surface area (Å²) >= 11 is 0. The molecule has 1 amide bonds. The lowest BCUT2D eigenvalue weighted by molar-refractivity contribution is 0.102. The first-order chi connectivity index (χ1) is 16.7. The van der Waals surface area contributed by atoms with Crippen LogP contribution in [0.15, 0.2) is 97.5 Å². The Labute approximate surface area is 195 Å². The number of nitrogens with zero attached hydrogens (tertiary/aromatic N) is 5. The summed E-state index contributed by atoms with van der Waals surface area (Å²) in [5, 5.41) is 8.84. The van der Waals surface area contributed by atoms with Crippen LogP contribution in [0.2, 0.25) is 0 Å². The summed E-state index contributed by atoms with van der Waals surface area (Å²) in [6.07, 6.45) is 5.26. The fourth-order valence-corrected chi connectivity index (χ4v) is 4.24. The molecule has 0 aliphatic rings. The van der Waals surface area contributed by atoms with E-state index in [1.807, 2.05) is 95.0 Å². The summed E-state index contributed by atoms with van der Waals surface area (Å²) in [6.45, 7) is 0. The number of para-hydroxylation sites is 1. The molecule has 34 heavy (non-hydrogen) atoms. The summed E-state index contributed by atoms with van der Waals surface area (Å²) in [5.41, 5.74) is 6.67. The molecule has 7 heteroatoms. The zero-order valence-electron chi connectivity index (χ0n) is 18.4. The minimum absolute atomic E-state index is 0.158. The first-order valence-electron chi connectivity index (χ1n) is 10.9. The van der Waals surface area contributed by atoms with Gasteiger partial charge in [0.25, 0.3) is 5.91 Å². The number of amides is 1. The van der Waals surface area contributed by atoms with Gasteiger partial charge in [-0.25, -0.2) is 9.50 Å². The second kappa shape index (κ2) is 7.97. The van der Waals surface area contributed by atoms with Crippen LogP contribution in [0, 0.1) is 0 Å². The molecular formula is C27H20N6O. The zero-order valence-corrected chi connectivity index (χ0v) is 18.4. The number of aryl methyl sites for hydroxylation is 1. The van der Waals surface area contributed by atoms with Crippen LogP contribution < -0.4 is 5.32 Å². The van der Waals surface area contributed by atoms with E-state index in [0.29, 0.717) is 11.4 Å². The molecule has 0 saturated heterocycles. The minimum Gasteiger partial charge on any atom is -0.340 e. The molecule has 0 bridgehead atoms. The molecule has 164 valence electrons. The molecule has 4 aromatic heterocycles. The number of carbonyl (C=O) groups is 1. The first kappa shape index (κ1) is 19.9. The third kappa shape index (κ3) is 3.40. The number of hydrogen-bond acceptors (Lipinski definition) is 4. The lowest BCUT2D eigenvalue weighted by Gasteiger charge is -2.09. The predicted octanol–water partition coefficient (Wildman–Crippen LogP) is 5.20. The second-order valence-electron chi connectivity index (χ2n) is 8.05. The average Bonchev–Trinajstić information content (AvgIpc) is 3.46. The highest BCUT2D eigenvalue weighted by molar-refractivity contribution is 6.06. The lowest BCUT2D eigenvalue weighted by atomic mass is 10.1. The molecule has 0 spiro atoms. The van der Waals surface area contributed by atoms with Gasteiger partial charge in [-0.2, -0.15) is 5.10 Å². The van der Waals surface area contributed by atoms with Gasteiger partial charge in [-0.3, -0.25) is 9.78 Å². The van der Waals surface area contributed by atoms with Crippen molar-refractivity contribution in [2.24, 2.45) is 7.05 Å². The highest BCUT2D eigenvalue weighted by Crippen LogP contribution is 2.26. The molecule has 0 saturated carbocycles. The van der Waals surface area contributed by atoms with E-state index in [9.17, 15) is 4.79 Å². The molecule has 0 radical (unpaired) electrons. The van der Waals surface area contributed by atoms with E-state index in [-0.39, 0.29) is 5.91 Å². The maximum absolute atomic E-state index is 13.1. The summed E-state index contributed by atoms with van der Waals surface area (Å²) in [4.78, 5) is 21.6. The average molecular weight is 444 g/mol. The summed E-state index contributed by atoms with van der Waals surface area (Å²) in [7, 11) is 1.90. The Kier molecular flexibility index (Phi) is 4.66. The third-order valence-corrected chi connectivity index (χ3v) is 5.93. The maximum Gasteiger partial charge on any atom is 0.272 e. The van der Waals surface area contributed by atoms with Crippen molar-refractivity contribution in [1.82, 2.24) is 24.1 Å². The number of anilines is 1. The van der Waals surface area contributed by atoms with Crippen LogP contribution in [0.1, 0.15) is 10.5 Å². The van der Waals surface area contributed by atoms with Crippen LogP contribution in [-0.2, 0) is 7.05 Å². The molecule has 0 aliphatic heterocycles. The summed E-state index contributed by atoms with van der Waals surface area (Å²) < 4.78 is 3.73. The smallest absolute Gasteiger partial charge is 0.272 e. The molecule has 4 heterocycles. The van der Waals surface area contributed by atoms with Crippen LogP contribution in [0.25, 0.3) is 39.1 Å². The van der Waals surface area contributed by atoms with Crippen molar-refractivity contribution in [3.8, 4) is 22.5 Å². The largest absolute Gasteiger partial charge is 0.340 e. The third-order valence-electron chi connectivity index (χ3n) is 5.93. The summed E-state index contributed by atoms with van der Waals surface area (Å²) in [5.74, 6) is -0.158. The highest BCUT2D eigenvalue weighted by Gasteiger charge is 2.15. The van der Waals surface area contributed by atoms with E-state index in [2.05, 4.69) is 15.3 Å². The van der Waals surface area contributed by atoms with Gasteiger partial charge < -0.3 is 9.88 Å². The van der Waals surface area contributed by atoms with Crippen molar-refractivity contribution in [2.45, 2.75) is 0 Å². The predicted molar refractivity (Wildman–Crippen MR) is 133 cm³/mol. The van der Waals surface area contributed by atoms with Gasteiger partial charge in [0.2, 0.25) is 0 Å². The summed E-state index contributed by atoms with van der Waals surface area (Å²) in [6, 6.07) is 25.3. The molecule has 0 unspecified atom stereocenters. The number of rotatable bonds is 4. The Hall–Kier alpha value is -4.78. The first-order valence-corrected chi connectivity index (χ1v) is 10.9. The number of carbonyl (C=O) groups excluding carboxylic acids is 1. The molecule has 6 aromatic rings. The lowest BCUT2D eigenvalue weighted by Crippen LogP contribution is -2.15. The minimum atomic E-state index is -0.158. The van der Waals surface area contributed by atoms with Crippen LogP contribution >= 0.6 is 0 Å². The Morgan fingerprint density at radius 1 is 0.853 bits per heavy atom. The van der Waals surface area contributed by atoms with Gasteiger partial charge in [-0.15, -0.1) is 0 Å². The molecule has 0 fully saturated rings. The van der Waals surface area contributed by atoms with Gasteiger partial charge in [0, 0.05) is 59.4 Å². The topological polar surface area (TPSA) is 77.1 Å². The van der Waals surface area contributed by atoms with Gasteiger partial charge in [0.15, 0.2) is 5.65 Å². The molecule has 6 rings (SSSR count). The van der Waals surface area contributed by atoms with E-state index in [4.69, 9.17) is 5.10 Å². The normalized spacial score (nSPS) is 11.2. The Bertz CT molecular complexity index is 1670. The van der Waals surface area contributed by atoms with Crippen LogP contribution in [0.3, 0.4) is 0 Å².